The number of carbonyl (C=O) groups excluding carboxylic acids is 1. The van der Waals surface area contributed by atoms with Crippen LogP contribution in [0.3, 0.4) is 0 Å². The molecule has 0 spiro atoms. The fraction of sp³-hybridized carbons (Fsp3) is 0.364. The summed E-state index contributed by atoms with van der Waals surface area (Å²) in [5.74, 6) is 4.85. The molecule has 3 N–H and O–H groups in total. The van der Waals surface area contributed by atoms with Gasteiger partial charge in [-0.3, -0.25) is 4.79 Å². The first-order valence-corrected chi connectivity index (χ1v) is 5.35. The van der Waals surface area contributed by atoms with Crippen molar-refractivity contribution in [2.75, 3.05) is 6.61 Å². The summed E-state index contributed by atoms with van der Waals surface area (Å²) in [6.07, 6.45) is 0.325. The average molecular weight is 243 g/mol. The maximum absolute atomic E-state index is 11.5. The third-order valence-electron chi connectivity index (χ3n) is 2.03. The van der Waals surface area contributed by atoms with Crippen molar-refractivity contribution >= 4 is 17.5 Å². The van der Waals surface area contributed by atoms with E-state index in [1.165, 1.54) is 0 Å². The van der Waals surface area contributed by atoms with Crippen molar-refractivity contribution in [1.82, 2.24) is 5.32 Å². The van der Waals surface area contributed by atoms with Gasteiger partial charge in [0, 0.05) is 5.02 Å². The molecule has 1 amide bonds. The molecule has 0 aliphatic heterocycles. The van der Waals surface area contributed by atoms with Crippen LogP contribution in [-0.2, 0) is 16.1 Å². The van der Waals surface area contributed by atoms with E-state index in [0.29, 0.717) is 18.1 Å². The van der Waals surface area contributed by atoms with E-state index in [2.05, 4.69) is 10.2 Å². The molecule has 1 aromatic carbocycles. The summed E-state index contributed by atoms with van der Waals surface area (Å²) in [4.78, 5) is 16.0. The number of nitrogens with two attached hydrogens (primary N) is 1. The van der Waals surface area contributed by atoms with E-state index in [4.69, 9.17) is 17.5 Å². The van der Waals surface area contributed by atoms with Gasteiger partial charge in [0.25, 0.3) is 0 Å². The van der Waals surface area contributed by atoms with Crippen LogP contribution in [0.1, 0.15) is 12.5 Å². The molecule has 1 rings (SSSR count). The third-order valence-corrected chi connectivity index (χ3v) is 2.28. The van der Waals surface area contributed by atoms with Gasteiger partial charge in [0.2, 0.25) is 5.91 Å². The molecule has 0 radical (unpaired) electrons. The Labute approximate surface area is 99.7 Å². The zero-order chi connectivity index (χ0) is 12.0. The summed E-state index contributed by atoms with van der Waals surface area (Å²) in [6.45, 7) is 2.12. The molecule has 5 heteroatoms. The van der Waals surface area contributed by atoms with Gasteiger partial charge in [0.05, 0.1) is 19.1 Å². The van der Waals surface area contributed by atoms with E-state index in [1.807, 2.05) is 19.1 Å². The van der Waals surface area contributed by atoms with Gasteiger partial charge in [-0.15, -0.1) is 0 Å². The van der Waals surface area contributed by atoms with Crippen LogP contribution in [0.2, 0.25) is 5.02 Å². The van der Waals surface area contributed by atoms with Crippen LogP contribution in [0.15, 0.2) is 24.3 Å². The maximum Gasteiger partial charge on any atom is 0.224 e. The Morgan fingerprint density at radius 3 is 2.69 bits per heavy atom. The molecule has 0 heterocycles. The van der Waals surface area contributed by atoms with E-state index in [-0.39, 0.29) is 11.9 Å². The molecular weight excluding hydrogens is 228 g/mol. The van der Waals surface area contributed by atoms with Crippen molar-refractivity contribution in [3.05, 3.63) is 34.9 Å². The van der Waals surface area contributed by atoms with E-state index in [1.54, 1.807) is 12.1 Å². The molecule has 88 valence electrons. The van der Waals surface area contributed by atoms with Crippen LogP contribution in [-0.4, -0.2) is 18.6 Å². The molecule has 1 atom stereocenters. The molecule has 4 nitrogen and oxygen atoms in total. The summed E-state index contributed by atoms with van der Waals surface area (Å²) in [7, 11) is 0. The molecule has 0 aliphatic carbocycles. The second kappa shape index (κ2) is 6.48. The minimum Gasteiger partial charge on any atom is -0.351 e. The topological polar surface area (TPSA) is 64.3 Å². The molecule has 1 aromatic rings. The second-order valence-corrected chi connectivity index (χ2v) is 4.04. The molecular formula is C11H15ClN2O2. The van der Waals surface area contributed by atoms with Crippen LogP contribution in [0, 0.1) is 0 Å². The highest BCUT2D eigenvalue weighted by Gasteiger charge is 2.07. The Morgan fingerprint density at radius 1 is 1.50 bits per heavy atom. The van der Waals surface area contributed by atoms with Crippen molar-refractivity contribution < 1.29 is 9.63 Å². The first kappa shape index (κ1) is 13.0. The lowest BCUT2D eigenvalue weighted by molar-refractivity contribution is -0.121. The fourth-order valence-corrected chi connectivity index (χ4v) is 1.43. The minimum atomic E-state index is -0.0928. The summed E-state index contributed by atoms with van der Waals surface area (Å²) >= 11 is 5.74. The highest BCUT2D eigenvalue weighted by molar-refractivity contribution is 6.30. The Bertz CT molecular complexity index is 340. The molecule has 0 saturated carbocycles. The van der Waals surface area contributed by atoms with Crippen molar-refractivity contribution in [2.24, 2.45) is 5.90 Å². The maximum atomic E-state index is 11.5. The van der Waals surface area contributed by atoms with Gasteiger partial charge in [0.1, 0.15) is 0 Å². The summed E-state index contributed by atoms with van der Waals surface area (Å²) in [5.41, 5.74) is 0.919. The lowest BCUT2D eigenvalue weighted by Gasteiger charge is -2.12. The number of hydrogen-bond donors (Lipinski definition) is 2. The third kappa shape index (κ3) is 4.61. The van der Waals surface area contributed by atoms with Gasteiger partial charge in [-0.1, -0.05) is 23.7 Å². The Kier molecular flexibility index (Phi) is 5.25. The quantitative estimate of drug-likeness (QED) is 0.765. The van der Waals surface area contributed by atoms with Gasteiger partial charge >= 0.3 is 0 Å². The van der Waals surface area contributed by atoms with Crippen LogP contribution >= 0.6 is 11.6 Å². The number of amides is 1. The standard InChI is InChI=1S/C11H15ClN2O2/c1-8(7-16-13)14-11(15)6-9-2-4-10(12)5-3-9/h2-5,8H,6-7,13H2,1H3,(H,14,15). The lowest BCUT2D eigenvalue weighted by Crippen LogP contribution is -2.37. The van der Waals surface area contributed by atoms with Crippen LogP contribution in [0.25, 0.3) is 0 Å². The fourth-order valence-electron chi connectivity index (χ4n) is 1.30. The molecule has 0 saturated heterocycles. The second-order valence-electron chi connectivity index (χ2n) is 3.61. The molecule has 0 aromatic heterocycles. The molecule has 0 bridgehead atoms. The number of carbonyl (C=O) groups is 1. The van der Waals surface area contributed by atoms with Crippen molar-refractivity contribution in [1.29, 1.82) is 0 Å². The zero-order valence-corrected chi connectivity index (χ0v) is 9.83. The average Bonchev–Trinajstić information content (AvgIpc) is 2.21. The Hall–Kier alpha value is -1.10. The van der Waals surface area contributed by atoms with Crippen molar-refractivity contribution in [3.8, 4) is 0 Å². The lowest BCUT2D eigenvalue weighted by atomic mass is 10.1. The summed E-state index contributed by atoms with van der Waals surface area (Å²) in [5, 5.41) is 3.43. The Morgan fingerprint density at radius 2 is 2.12 bits per heavy atom. The predicted octanol–water partition coefficient (Wildman–Crippen LogP) is 1.28. The normalized spacial score (nSPS) is 12.2. The van der Waals surface area contributed by atoms with Gasteiger partial charge in [0.15, 0.2) is 0 Å². The van der Waals surface area contributed by atoms with Crippen LogP contribution < -0.4 is 11.2 Å². The first-order valence-electron chi connectivity index (χ1n) is 4.97. The van der Waals surface area contributed by atoms with E-state index in [9.17, 15) is 4.79 Å². The van der Waals surface area contributed by atoms with E-state index >= 15 is 0 Å². The Balaban J connectivity index is 2.42. The molecule has 16 heavy (non-hydrogen) atoms. The number of nitrogens with one attached hydrogen (secondary N) is 1. The highest BCUT2D eigenvalue weighted by Crippen LogP contribution is 2.09. The zero-order valence-electron chi connectivity index (χ0n) is 9.07. The summed E-state index contributed by atoms with van der Waals surface area (Å²) < 4.78 is 0. The number of rotatable bonds is 5. The van der Waals surface area contributed by atoms with Gasteiger partial charge in [-0.05, 0) is 24.6 Å². The van der Waals surface area contributed by atoms with E-state index in [0.717, 1.165) is 5.56 Å². The smallest absolute Gasteiger partial charge is 0.224 e. The van der Waals surface area contributed by atoms with Gasteiger partial charge in [-0.2, -0.15) is 0 Å². The van der Waals surface area contributed by atoms with Crippen LogP contribution in [0.5, 0.6) is 0 Å². The molecule has 0 aliphatic rings. The monoisotopic (exact) mass is 242 g/mol. The van der Waals surface area contributed by atoms with E-state index < -0.39 is 0 Å². The molecule has 1 unspecified atom stereocenters. The SMILES string of the molecule is CC(CON)NC(=O)Cc1ccc(Cl)cc1. The highest BCUT2D eigenvalue weighted by atomic mass is 35.5. The summed E-state index contributed by atoms with van der Waals surface area (Å²) in [6, 6.07) is 7.08. The van der Waals surface area contributed by atoms with Gasteiger partial charge < -0.3 is 10.2 Å². The molecule has 0 fully saturated rings. The largest absolute Gasteiger partial charge is 0.351 e. The minimum absolute atomic E-state index is 0.0631. The van der Waals surface area contributed by atoms with Crippen molar-refractivity contribution in [2.45, 2.75) is 19.4 Å². The predicted molar refractivity (Wildman–Crippen MR) is 62.9 cm³/mol. The first-order chi connectivity index (χ1) is 7.61. The number of benzene rings is 1. The van der Waals surface area contributed by atoms with Crippen molar-refractivity contribution in [3.63, 3.8) is 0 Å². The number of hydrogen-bond acceptors (Lipinski definition) is 3. The van der Waals surface area contributed by atoms with Crippen LogP contribution in [0.4, 0.5) is 0 Å². The van der Waals surface area contributed by atoms with Gasteiger partial charge in [-0.25, -0.2) is 5.90 Å². The number of halogens is 1.